The highest BCUT2D eigenvalue weighted by atomic mass is 16.2. The van der Waals surface area contributed by atoms with E-state index < -0.39 is 0 Å². The first kappa shape index (κ1) is 18.4. The molecule has 2 bridgehead atoms. The summed E-state index contributed by atoms with van der Waals surface area (Å²) in [6.45, 7) is 5.86. The summed E-state index contributed by atoms with van der Waals surface area (Å²) in [5.74, 6) is 1.55. The van der Waals surface area contributed by atoms with Crippen LogP contribution < -0.4 is 15.1 Å². The summed E-state index contributed by atoms with van der Waals surface area (Å²) in [5, 5.41) is 2.86. The Bertz CT molecular complexity index is 884. The molecular weight excluding hydrogens is 354 g/mol. The summed E-state index contributed by atoms with van der Waals surface area (Å²) in [4.78, 5) is 38.4. The van der Waals surface area contributed by atoms with Gasteiger partial charge in [-0.15, -0.1) is 0 Å². The lowest BCUT2D eigenvalue weighted by Crippen LogP contribution is -2.48. The van der Waals surface area contributed by atoms with Gasteiger partial charge in [0.25, 0.3) is 0 Å². The van der Waals surface area contributed by atoms with E-state index in [1.807, 2.05) is 12.1 Å². The van der Waals surface area contributed by atoms with Crippen molar-refractivity contribution in [3.05, 3.63) is 42.2 Å². The largest absolute Gasteiger partial charge is 0.366 e. The van der Waals surface area contributed by atoms with Crippen LogP contribution in [-0.2, 0) is 0 Å². The molecule has 2 aliphatic rings. The Morgan fingerprint density at radius 2 is 2.11 bits per heavy atom. The quantitative estimate of drug-likeness (QED) is 0.801. The summed E-state index contributed by atoms with van der Waals surface area (Å²) in [6.07, 6.45) is 3.82. The van der Waals surface area contributed by atoms with Crippen molar-refractivity contribution in [3.8, 4) is 0 Å². The van der Waals surface area contributed by atoms with Gasteiger partial charge in [-0.3, -0.25) is 15.0 Å². The lowest BCUT2D eigenvalue weighted by Gasteiger charge is -2.35. The van der Waals surface area contributed by atoms with Crippen molar-refractivity contribution in [2.45, 2.75) is 39.2 Å². The van der Waals surface area contributed by atoms with Gasteiger partial charge >= 0.3 is 6.03 Å². The van der Waals surface area contributed by atoms with Crippen LogP contribution in [0.1, 0.15) is 43.6 Å². The molecule has 2 aromatic heterocycles. The van der Waals surface area contributed by atoms with Crippen molar-refractivity contribution in [1.82, 2.24) is 9.97 Å². The van der Waals surface area contributed by atoms with Crippen LogP contribution in [0.15, 0.2) is 36.5 Å². The van der Waals surface area contributed by atoms with E-state index in [9.17, 15) is 9.59 Å². The summed E-state index contributed by atoms with van der Waals surface area (Å²) >= 11 is 0. The van der Waals surface area contributed by atoms with E-state index in [-0.39, 0.29) is 17.9 Å². The number of urea groups is 1. The highest BCUT2D eigenvalue weighted by molar-refractivity contribution is 6.05. The first-order valence-electron chi connectivity index (χ1n) is 9.83. The maximum absolute atomic E-state index is 13.0. The fourth-order valence-electron chi connectivity index (χ4n) is 3.78. The molecule has 0 saturated carbocycles. The number of nitrogens with zero attached hydrogens (tertiary/aromatic N) is 4. The molecule has 28 heavy (non-hydrogen) atoms. The topological polar surface area (TPSA) is 78.4 Å². The lowest BCUT2D eigenvalue weighted by molar-refractivity contribution is 0.0970. The minimum absolute atomic E-state index is 0.0227. The van der Waals surface area contributed by atoms with Gasteiger partial charge in [0.15, 0.2) is 11.6 Å². The monoisotopic (exact) mass is 379 g/mol. The zero-order chi connectivity index (χ0) is 19.7. The smallest absolute Gasteiger partial charge is 0.329 e. The molecule has 0 radical (unpaired) electrons. The number of amides is 2. The van der Waals surface area contributed by atoms with Crippen molar-refractivity contribution in [2.24, 2.45) is 5.92 Å². The highest BCUT2D eigenvalue weighted by Gasteiger charge is 2.40. The summed E-state index contributed by atoms with van der Waals surface area (Å²) in [6, 6.07) is 8.88. The number of pyridine rings is 2. The van der Waals surface area contributed by atoms with Crippen LogP contribution in [0, 0.1) is 5.92 Å². The average molecular weight is 379 g/mol. The highest BCUT2D eigenvalue weighted by Crippen LogP contribution is 2.39. The standard InChI is InChI=1S/C21H25N5O2/c1-14(2)6-9-18(27)16-7-8-17-20(23-16)26(15-10-12-25(17)13-15)21(28)24-19-5-3-4-11-22-19/h3-5,7-8,11,14-15H,6,9-10,12-13H2,1-2H3,(H,22,24,28)/t15-/m0/s1. The molecule has 4 rings (SSSR count). The average Bonchev–Trinajstić information content (AvgIpc) is 3.11. The number of hydrogen-bond donors (Lipinski definition) is 1. The Balaban J connectivity index is 1.63. The van der Waals surface area contributed by atoms with E-state index in [0.717, 1.165) is 31.6 Å². The normalized spacial score (nSPS) is 17.6. The number of Topliss-reactive ketones (excluding diaryl/α,β-unsaturated/α-hetero) is 1. The zero-order valence-electron chi connectivity index (χ0n) is 16.3. The van der Waals surface area contributed by atoms with Gasteiger partial charge in [-0.05, 0) is 43.0 Å². The molecular formula is C21H25N5O2. The van der Waals surface area contributed by atoms with Gasteiger partial charge in [-0.25, -0.2) is 14.8 Å². The van der Waals surface area contributed by atoms with E-state index in [1.165, 1.54) is 0 Å². The van der Waals surface area contributed by atoms with Crippen molar-refractivity contribution >= 4 is 29.1 Å². The second-order valence-corrected chi connectivity index (χ2v) is 7.80. The van der Waals surface area contributed by atoms with Crippen LogP contribution in [0.4, 0.5) is 22.1 Å². The van der Waals surface area contributed by atoms with Gasteiger partial charge in [0.2, 0.25) is 0 Å². The minimum Gasteiger partial charge on any atom is -0.366 e. The Morgan fingerprint density at radius 1 is 1.25 bits per heavy atom. The first-order chi connectivity index (χ1) is 13.5. The number of ketones is 1. The Labute approximate surface area is 164 Å². The minimum atomic E-state index is -0.259. The van der Waals surface area contributed by atoms with Crippen LogP contribution in [-0.4, -0.2) is 40.9 Å². The number of nitrogens with one attached hydrogen (secondary N) is 1. The van der Waals surface area contributed by atoms with Gasteiger partial charge in [0, 0.05) is 25.7 Å². The van der Waals surface area contributed by atoms with E-state index in [0.29, 0.717) is 29.7 Å². The molecule has 1 fully saturated rings. The zero-order valence-corrected chi connectivity index (χ0v) is 16.3. The molecule has 1 atom stereocenters. The number of fused-ring (bicyclic) bond motifs is 4. The third kappa shape index (κ3) is 3.56. The molecule has 2 aromatic rings. The molecule has 0 aliphatic carbocycles. The predicted octanol–water partition coefficient (Wildman–Crippen LogP) is 3.73. The molecule has 7 nitrogen and oxygen atoms in total. The number of hydrogen-bond acceptors (Lipinski definition) is 5. The second kappa shape index (κ2) is 7.58. The van der Waals surface area contributed by atoms with Crippen molar-refractivity contribution < 1.29 is 9.59 Å². The van der Waals surface area contributed by atoms with Crippen molar-refractivity contribution in [1.29, 1.82) is 0 Å². The molecule has 2 aliphatic heterocycles. The maximum atomic E-state index is 13.0. The molecule has 0 aromatic carbocycles. The van der Waals surface area contributed by atoms with Gasteiger partial charge < -0.3 is 4.90 Å². The molecule has 1 N–H and O–H groups in total. The van der Waals surface area contributed by atoms with Gasteiger partial charge in [0.05, 0.1) is 11.7 Å². The van der Waals surface area contributed by atoms with Crippen LogP contribution in [0.25, 0.3) is 0 Å². The van der Waals surface area contributed by atoms with E-state index in [1.54, 1.807) is 29.3 Å². The van der Waals surface area contributed by atoms with Crippen LogP contribution >= 0.6 is 0 Å². The fourth-order valence-corrected chi connectivity index (χ4v) is 3.78. The third-order valence-corrected chi connectivity index (χ3v) is 5.31. The molecule has 2 amide bonds. The maximum Gasteiger partial charge on any atom is 0.329 e. The number of anilines is 3. The predicted molar refractivity (Wildman–Crippen MR) is 109 cm³/mol. The first-order valence-corrected chi connectivity index (χ1v) is 9.83. The fraction of sp³-hybridized carbons (Fsp3) is 0.429. The Hall–Kier alpha value is -2.96. The second-order valence-electron chi connectivity index (χ2n) is 7.80. The van der Waals surface area contributed by atoms with Crippen LogP contribution in [0.3, 0.4) is 0 Å². The Morgan fingerprint density at radius 3 is 2.86 bits per heavy atom. The Kier molecular flexibility index (Phi) is 4.98. The summed E-state index contributed by atoms with van der Waals surface area (Å²) in [7, 11) is 0. The molecule has 0 unspecified atom stereocenters. The SMILES string of the molecule is CC(C)CCC(=O)c1ccc2c(n1)N(C(=O)Nc1ccccn1)[C@H]1CCN2C1. The number of carbonyl (C=O) groups excluding carboxylic acids is 2. The lowest BCUT2D eigenvalue weighted by atomic mass is 10.0. The molecule has 0 spiro atoms. The molecule has 7 heteroatoms. The van der Waals surface area contributed by atoms with Crippen molar-refractivity contribution in [2.75, 3.05) is 28.2 Å². The van der Waals surface area contributed by atoms with E-state index in [4.69, 9.17) is 0 Å². The van der Waals surface area contributed by atoms with E-state index >= 15 is 0 Å². The summed E-state index contributed by atoms with van der Waals surface area (Å²) < 4.78 is 0. The van der Waals surface area contributed by atoms with Crippen LogP contribution in [0.2, 0.25) is 0 Å². The summed E-state index contributed by atoms with van der Waals surface area (Å²) in [5.41, 5.74) is 1.34. The number of aromatic nitrogens is 2. The molecule has 4 heterocycles. The number of carbonyl (C=O) groups is 2. The molecule has 1 saturated heterocycles. The number of rotatable bonds is 5. The van der Waals surface area contributed by atoms with Gasteiger partial charge in [-0.1, -0.05) is 19.9 Å². The van der Waals surface area contributed by atoms with E-state index in [2.05, 4.69) is 34.0 Å². The van der Waals surface area contributed by atoms with Gasteiger partial charge in [0.1, 0.15) is 11.5 Å². The molecule has 146 valence electrons. The van der Waals surface area contributed by atoms with Gasteiger partial charge in [-0.2, -0.15) is 0 Å². The van der Waals surface area contributed by atoms with Crippen molar-refractivity contribution in [3.63, 3.8) is 0 Å². The third-order valence-electron chi connectivity index (χ3n) is 5.31. The van der Waals surface area contributed by atoms with Crippen LogP contribution in [0.5, 0.6) is 0 Å².